The molecule has 0 unspecified atom stereocenters. The first kappa shape index (κ1) is 20.5. The number of allylic oxidation sites excluding steroid dienone is 1. The summed E-state index contributed by atoms with van der Waals surface area (Å²) >= 11 is 5.63. The van der Waals surface area contributed by atoms with Gasteiger partial charge in [0.25, 0.3) is 5.69 Å². The van der Waals surface area contributed by atoms with Gasteiger partial charge >= 0.3 is 5.97 Å². The number of carbonyl (C=O) groups is 1. The number of esters is 1. The zero-order valence-corrected chi connectivity index (χ0v) is 17.2. The molecular formula is C21H21N3O4S. The smallest absolute Gasteiger partial charge is 0.337 e. The van der Waals surface area contributed by atoms with Crippen LogP contribution in [-0.2, 0) is 9.53 Å². The number of benzene rings is 2. The van der Waals surface area contributed by atoms with Crippen molar-refractivity contribution < 1.29 is 14.5 Å². The van der Waals surface area contributed by atoms with Gasteiger partial charge in [0.05, 0.1) is 23.6 Å². The van der Waals surface area contributed by atoms with Crippen LogP contribution in [0.4, 0.5) is 11.4 Å². The average molecular weight is 411 g/mol. The van der Waals surface area contributed by atoms with Crippen molar-refractivity contribution >= 4 is 34.7 Å². The van der Waals surface area contributed by atoms with Crippen LogP contribution in [0.1, 0.15) is 30.5 Å². The van der Waals surface area contributed by atoms with Crippen molar-refractivity contribution in [1.82, 2.24) is 5.32 Å². The molecule has 1 aliphatic rings. The molecule has 0 amide bonds. The van der Waals surface area contributed by atoms with E-state index in [9.17, 15) is 14.9 Å². The standard InChI is InChI=1S/C21H21N3O4S/c1-4-17-18(20(25)28-3)19(14-7-11-16(12-8-14)24(26)27)22-21(29)23(17)15-9-5-13(2)6-10-15/h5-12,19H,4H2,1-3H3,(H,22,29)/t19-/m0/s1. The van der Waals surface area contributed by atoms with Crippen LogP contribution in [0.2, 0.25) is 0 Å². The third kappa shape index (κ3) is 3.97. The molecule has 0 bridgehead atoms. The maximum atomic E-state index is 12.7. The maximum Gasteiger partial charge on any atom is 0.337 e. The van der Waals surface area contributed by atoms with Gasteiger partial charge < -0.3 is 10.1 Å². The number of anilines is 1. The third-order valence-corrected chi connectivity index (χ3v) is 5.11. The average Bonchev–Trinajstić information content (AvgIpc) is 2.73. The lowest BCUT2D eigenvalue weighted by molar-refractivity contribution is -0.384. The lowest BCUT2D eigenvalue weighted by atomic mass is 9.93. The van der Waals surface area contributed by atoms with E-state index in [-0.39, 0.29) is 5.69 Å². The zero-order chi connectivity index (χ0) is 21.1. The van der Waals surface area contributed by atoms with Gasteiger partial charge in [0.1, 0.15) is 0 Å². The fraction of sp³-hybridized carbons (Fsp3) is 0.238. The molecule has 0 spiro atoms. The van der Waals surface area contributed by atoms with Crippen LogP contribution >= 0.6 is 12.2 Å². The van der Waals surface area contributed by atoms with Gasteiger partial charge in [0.2, 0.25) is 0 Å². The van der Waals surface area contributed by atoms with Gasteiger partial charge in [0.15, 0.2) is 5.11 Å². The lowest BCUT2D eigenvalue weighted by Crippen LogP contribution is -2.48. The molecule has 1 aliphatic heterocycles. The molecule has 0 aliphatic carbocycles. The van der Waals surface area contributed by atoms with Gasteiger partial charge in [-0.25, -0.2) is 4.79 Å². The molecule has 150 valence electrons. The van der Waals surface area contributed by atoms with Crippen molar-refractivity contribution in [3.8, 4) is 0 Å². The summed E-state index contributed by atoms with van der Waals surface area (Å²) in [6.07, 6.45) is 0.545. The molecule has 1 atom stereocenters. The van der Waals surface area contributed by atoms with E-state index in [1.54, 1.807) is 12.1 Å². The predicted octanol–water partition coefficient (Wildman–Crippen LogP) is 4.18. The number of thiocarbonyl (C=S) groups is 1. The Kier molecular flexibility index (Phi) is 5.93. The number of nitrogens with zero attached hydrogens (tertiary/aromatic N) is 2. The van der Waals surface area contributed by atoms with E-state index in [0.29, 0.717) is 22.7 Å². The van der Waals surface area contributed by atoms with Crippen molar-refractivity contribution in [3.05, 3.63) is 81.0 Å². The molecule has 2 aromatic rings. The SMILES string of the molecule is CCC1=C(C(=O)OC)[C@H](c2ccc([N+](=O)[O-])cc2)NC(=S)N1c1ccc(C)cc1. The summed E-state index contributed by atoms with van der Waals surface area (Å²) in [6.45, 7) is 3.94. The quantitative estimate of drug-likeness (QED) is 0.342. The second-order valence-corrected chi connectivity index (χ2v) is 6.99. The number of hydrogen-bond acceptors (Lipinski definition) is 5. The van der Waals surface area contributed by atoms with Crippen LogP contribution in [0.3, 0.4) is 0 Å². The minimum Gasteiger partial charge on any atom is -0.466 e. The normalized spacial score (nSPS) is 16.4. The van der Waals surface area contributed by atoms with Crippen LogP contribution in [0.5, 0.6) is 0 Å². The van der Waals surface area contributed by atoms with E-state index >= 15 is 0 Å². The topological polar surface area (TPSA) is 84.7 Å². The summed E-state index contributed by atoms with van der Waals surface area (Å²) in [5, 5.41) is 14.6. The van der Waals surface area contributed by atoms with Gasteiger partial charge in [0, 0.05) is 23.5 Å². The van der Waals surface area contributed by atoms with Gasteiger partial charge in [-0.15, -0.1) is 0 Å². The highest BCUT2D eigenvalue weighted by molar-refractivity contribution is 7.80. The van der Waals surface area contributed by atoms with Crippen molar-refractivity contribution in [1.29, 1.82) is 0 Å². The number of carbonyl (C=O) groups excluding carboxylic acids is 1. The van der Waals surface area contributed by atoms with E-state index in [1.165, 1.54) is 19.2 Å². The second-order valence-electron chi connectivity index (χ2n) is 6.61. The zero-order valence-electron chi connectivity index (χ0n) is 16.3. The monoisotopic (exact) mass is 411 g/mol. The largest absolute Gasteiger partial charge is 0.466 e. The highest BCUT2D eigenvalue weighted by atomic mass is 32.1. The molecular weight excluding hydrogens is 390 g/mol. The van der Waals surface area contributed by atoms with E-state index in [4.69, 9.17) is 17.0 Å². The van der Waals surface area contributed by atoms with Gasteiger partial charge in [-0.2, -0.15) is 0 Å². The molecule has 7 nitrogen and oxygen atoms in total. The fourth-order valence-electron chi connectivity index (χ4n) is 3.37. The van der Waals surface area contributed by atoms with E-state index in [0.717, 1.165) is 16.9 Å². The van der Waals surface area contributed by atoms with Gasteiger partial charge in [-0.05, 0) is 55.4 Å². The Morgan fingerprint density at radius 3 is 2.34 bits per heavy atom. The first-order valence-corrected chi connectivity index (χ1v) is 9.51. The molecule has 0 saturated heterocycles. The summed E-state index contributed by atoms with van der Waals surface area (Å²) in [5.74, 6) is -0.475. The predicted molar refractivity (Wildman–Crippen MR) is 115 cm³/mol. The summed E-state index contributed by atoms with van der Waals surface area (Å²) in [7, 11) is 1.33. The Morgan fingerprint density at radius 1 is 1.21 bits per heavy atom. The number of nitro groups is 1. The molecule has 1 heterocycles. The molecule has 29 heavy (non-hydrogen) atoms. The van der Waals surface area contributed by atoms with E-state index < -0.39 is 16.9 Å². The molecule has 1 N–H and O–H groups in total. The molecule has 0 aromatic heterocycles. The molecule has 8 heteroatoms. The summed E-state index contributed by atoms with van der Waals surface area (Å²) in [5.41, 5.74) is 3.78. The number of nitrogens with one attached hydrogen (secondary N) is 1. The highest BCUT2D eigenvalue weighted by Crippen LogP contribution is 2.36. The Balaban J connectivity index is 2.14. The summed E-state index contributed by atoms with van der Waals surface area (Å²) < 4.78 is 5.06. The molecule has 0 radical (unpaired) electrons. The highest BCUT2D eigenvalue weighted by Gasteiger charge is 2.36. The minimum atomic E-state index is -0.563. The maximum absolute atomic E-state index is 12.7. The minimum absolute atomic E-state index is 0.0206. The first-order valence-electron chi connectivity index (χ1n) is 9.10. The van der Waals surface area contributed by atoms with Crippen LogP contribution in [0.15, 0.2) is 59.8 Å². The Labute approximate surface area is 174 Å². The third-order valence-electron chi connectivity index (χ3n) is 4.81. The van der Waals surface area contributed by atoms with E-state index in [1.807, 2.05) is 43.0 Å². The number of methoxy groups -OCH3 is 1. The number of rotatable bonds is 5. The van der Waals surface area contributed by atoms with Crippen LogP contribution in [0, 0.1) is 17.0 Å². The lowest BCUT2D eigenvalue weighted by Gasteiger charge is -2.38. The molecule has 2 aromatic carbocycles. The molecule has 0 saturated carbocycles. The number of nitro benzene ring substituents is 1. The molecule has 0 fully saturated rings. The fourth-order valence-corrected chi connectivity index (χ4v) is 3.70. The Morgan fingerprint density at radius 2 is 1.83 bits per heavy atom. The van der Waals surface area contributed by atoms with Gasteiger partial charge in [-0.1, -0.05) is 24.6 Å². The van der Waals surface area contributed by atoms with E-state index in [2.05, 4.69) is 5.32 Å². The van der Waals surface area contributed by atoms with Gasteiger partial charge in [-0.3, -0.25) is 15.0 Å². The summed E-state index contributed by atoms with van der Waals surface area (Å²) in [4.78, 5) is 25.1. The van der Waals surface area contributed by atoms with Crippen molar-refractivity contribution in [2.75, 3.05) is 12.0 Å². The Hall–Kier alpha value is -3.26. The Bertz CT molecular complexity index is 984. The second kappa shape index (κ2) is 8.40. The van der Waals surface area contributed by atoms with Crippen molar-refractivity contribution in [2.24, 2.45) is 0 Å². The van der Waals surface area contributed by atoms with Crippen molar-refractivity contribution in [2.45, 2.75) is 26.3 Å². The summed E-state index contributed by atoms with van der Waals surface area (Å²) in [6, 6.07) is 13.3. The number of non-ortho nitro benzene ring substituents is 1. The number of ether oxygens (including phenoxy) is 1. The van der Waals surface area contributed by atoms with Crippen molar-refractivity contribution in [3.63, 3.8) is 0 Å². The first-order chi connectivity index (χ1) is 13.9. The van der Waals surface area contributed by atoms with Crippen LogP contribution in [0.25, 0.3) is 0 Å². The molecule has 3 rings (SSSR count). The number of aryl methyl sites for hydroxylation is 1. The van der Waals surface area contributed by atoms with Crippen LogP contribution in [-0.4, -0.2) is 23.1 Å². The number of hydrogen-bond donors (Lipinski definition) is 1. The van der Waals surface area contributed by atoms with Crippen LogP contribution < -0.4 is 10.2 Å².